The molecule has 0 atom stereocenters. The Morgan fingerprint density at radius 2 is 1.80 bits per heavy atom. The molecule has 0 aromatic carbocycles. The van der Waals surface area contributed by atoms with Crippen LogP contribution in [-0.4, -0.2) is 33.5 Å². The van der Waals surface area contributed by atoms with Gasteiger partial charge in [0, 0.05) is 24.5 Å². The van der Waals surface area contributed by atoms with Crippen molar-refractivity contribution in [3.8, 4) is 0 Å². The summed E-state index contributed by atoms with van der Waals surface area (Å²) in [7, 11) is 0. The van der Waals surface area contributed by atoms with Crippen molar-refractivity contribution in [3.63, 3.8) is 0 Å². The van der Waals surface area contributed by atoms with Crippen LogP contribution in [0.2, 0.25) is 0 Å². The molecular weight excluding hydrogens is 248 g/mol. The molecule has 1 aromatic rings. The number of hydrogen-bond acceptors (Lipinski definition) is 4. The minimum absolute atomic E-state index is 0.158. The first kappa shape index (κ1) is 15.4. The van der Waals surface area contributed by atoms with E-state index in [-0.39, 0.29) is 5.54 Å². The van der Waals surface area contributed by atoms with Crippen LogP contribution in [0.5, 0.6) is 0 Å². The third kappa shape index (κ3) is 3.76. The van der Waals surface area contributed by atoms with Gasteiger partial charge in [0.1, 0.15) is 5.82 Å². The van der Waals surface area contributed by atoms with Gasteiger partial charge in [-0.05, 0) is 31.9 Å². The van der Waals surface area contributed by atoms with Gasteiger partial charge in [-0.2, -0.15) is 0 Å². The van der Waals surface area contributed by atoms with Gasteiger partial charge in [0.25, 0.3) is 0 Å². The van der Waals surface area contributed by atoms with Crippen molar-refractivity contribution in [2.75, 3.05) is 13.1 Å². The summed E-state index contributed by atoms with van der Waals surface area (Å²) in [6.07, 6.45) is 12.5. The minimum atomic E-state index is 0.158. The Kier molecular flexibility index (Phi) is 5.92. The van der Waals surface area contributed by atoms with Crippen LogP contribution >= 0.6 is 0 Å². The van der Waals surface area contributed by atoms with Crippen molar-refractivity contribution in [1.29, 1.82) is 0 Å². The van der Waals surface area contributed by atoms with Crippen molar-refractivity contribution in [2.45, 2.75) is 64.0 Å². The lowest BCUT2D eigenvalue weighted by atomic mass is 9.87. The smallest absolute Gasteiger partial charge is 0.142 e. The highest BCUT2D eigenvalue weighted by atomic mass is 15.2. The Morgan fingerprint density at radius 3 is 2.35 bits per heavy atom. The zero-order chi connectivity index (χ0) is 14.3. The third-order valence-corrected chi connectivity index (χ3v) is 4.53. The Labute approximate surface area is 122 Å². The molecule has 2 rings (SSSR count). The normalized spacial score (nSPS) is 18.9. The lowest BCUT2D eigenvalue weighted by molar-refractivity contribution is 0.0671. The molecule has 0 spiro atoms. The molecule has 0 aliphatic heterocycles. The van der Waals surface area contributed by atoms with Gasteiger partial charge in [-0.1, -0.05) is 32.6 Å². The van der Waals surface area contributed by atoms with Gasteiger partial charge in [0.05, 0.1) is 6.54 Å². The Bertz CT molecular complexity index is 371. The highest BCUT2D eigenvalue weighted by molar-refractivity contribution is 4.97. The van der Waals surface area contributed by atoms with E-state index < -0.39 is 0 Å². The van der Waals surface area contributed by atoms with Gasteiger partial charge >= 0.3 is 0 Å². The largest absolute Gasteiger partial charge is 0.329 e. The summed E-state index contributed by atoms with van der Waals surface area (Å²) in [5, 5.41) is 0. The molecule has 1 heterocycles. The molecule has 20 heavy (non-hydrogen) atoms. The summed E-state index contributed by atoms with van der Waals surface area (Å²) in [6, 6.07) is 1.87. The molecule has 0 bridgehead atoms. The number of rotatable bonds is 6. The van der Waals surface area contributed by atoms with Gasteiger partial charge in [-0.15, -0.1) is 0 Å². The first-order chi connectivity index (χ1) is 9.80. The predicted molar refractivity (Wildman–Crippen MR) is 82.2 cm³/mol. The van der Waals surface area contributed by atoms with E-state index in [4.69, 9.17) is 5.73 Å². The van der Waals surface area contributed by atoms with E-state index in [0.717, 1.165) is 31.9 Å². The lowest BCUT2D eigenvalue weighted by Gasteiger charge is -2.43. The van der Waals surface area contributed by atoms with Crippen molar-refractivity contribution in [3.05, 3.63) is 24.3 Å². The standard InChI is InChI=1S/C16H28N4/c1-2-12-20(13-15-18-10-7-11-19-15)16(14-17)8-5-3-4-6-9-16/h7,10-11H,2-6,8-9,12-14,17H2,1H3. The van der Waals surface area contributed by atoms with Crippen LogP contribution < -0.4 is 5.73 Å². The zero-order valence-corrected chi connectivity index (χ0v) is 12.7. The molecule has 4 heteroatoms. The molecule has 1 aromatic heterocycles. The number of nitrogens with zero attached hydrogens (tertiary/aromatic N) is 3. The van der Waals surface area contributed by atoms with Gasteiger partial charge in [0.15, 0.2) is 0 Å². The first-order valence-corrected chi connectivity index (χ1v) is 8.02. The second-order valence-corrected chi connectivity index (χ2v) is 5.93. The fraction of sp³-hybridized carbons (Fsp3) is 0.750. The average Bonchev–Trinajstić information content (AvgIpc) is 2.74. The minimum Gasteiger partial charge on any atom is -0.329 e. The Morgan fingerprint density at radius 1 is 1.15 bits per heavy atom. The predicted octanol–water partition coefficient (Wildman–Crippen LogP) is 2.74. The first-order valence-electron chi connectivity index (χ1n) is 8.02. The van der Waals surface area contributed by atoms with Crippen LogP contribution in [-0.2, 0) is 6.54 Å². The van der Waals surface area contributed by atoms with Crippen LogP contribution in [0, 0.1) is 0 Å². The topological polar surface area (TPSA) is 55.0 Å². The van der Waals surface area contributed by atoms with Crippen molar-refractivity contribution in [1.82, 2.24) is 14.9 Å². The molecule has 0 saturated heterocycles. The molecular formula is C16H28N4. The number of nitrogens with two attached hydrogens (primary N) is 1. The lowest BCUT2D eigenvalue weighted by Crippen LogP contribution is -2.53. The van der Waals surface area contributed by atoms with Crippen molar-refractivity contribution >= 4 is 0 Å². The maximum Gasteiger partial charge on any atom is 0.142 e. The van der Waals surface area contributed by atoms with Crippen molar-refractivity contribution < 1.29 is 0 Å². The van der Waals surface area contributed by atoms with Gasteiger partial charge in [-0.25, -0.2) is 9.97 Å². The van der Waals surface area contributed by atoms with E-state index in [2.05, 4.69) is 21.8 Å². The van der Waals surface area contributed by atoms with E-state index in [1.54, 1.807) is 0 Å². The molecule has 1 aliphatic rings. The summed E-state index contributed by atoms with van der Waals surface area (Å²) in [5.74, 6) is 0.915. The van der Waals surface area contributed by atoms with Crippen molar-refractivity contribution in [2.24, 2.45) is 5.73 Å². The third-order valence-electron chi connectivity index (χ3n) is 4.53. The monoisotopic (exact) mass is 276 g/mol. The molecule has 4 nitrogen and oxygen atoms in total. The summed E-state index contributed by atoms with van der Waals surface area (Å²) < 4.78 is 0. The highest BCUT2D eigenvalue weighted by Gasteiger charge is 2.35. The zero-order valence-electron chi connectivity index (χ0n) is 12.7. The summed E-state index contributed by atoms with van der Waals surface area (Å²) >= 11 is 0. The second kappa shape index (κ2) is 7.70. The van der Waals surface area contributed by atoms with E-state index in [9.17, 15) is 0 Å². The van der Waals surface area contributed by atoms with Crippen LogP contribution in [0.4, 0.5) is 0 Å². The van der Waals surface area contributed by atoms with Gasteiger partial charge in [0.2, 0.25) is 0 Å². The summed E-state index contributed by atoms with van der Waals surface area (Å²) in [5.41, 5.74) is 6.37. The molecule has 1 aliphatic carbocycles. The summed E-state index contributed by atoms with van der Waals surface area (Å²) in [4.78, 5) is 11.3. The molecule has 1 fully saturated rings. The molecule has 0 radical (unpaired) electrons. The number of hydrogen-bond donors (Lipinski definition) is 1. The fourth-order valence-electron chi connectivity index (χ4n) is 3.37. The van der Waals surface area contributed by atoms with E-state index in [0.29, 0.717) is 0 Å². The molecule has 0 unspecified atom stereocenters. The fourth-order valence-corrected chi connectivity index (χ4v) is 3.37. The van der Waals surface area contributed by atoms with Crippen LogP contribution in [0.25, 0.3) is 0 Å². The second-order valence-electron chi connectivity index (χ2n) is 5.93. The van der Waals surface area contributed by atoms with E-state index in [1.165, 1.54) is 38.5 Å². The molecule has 2 N–H and O–H groups in total. The maximum atomic E-state index is 6.21. The summed E-state index contributed by atoms with van der Waals surface area (Å²) in [6.45, 7) is 4.89. The highest BCUT2D eigenvalue weighted by Crippen LogP contribution is 2.32. The van der Waals surface area contributed by atoms with Gasteiger partial charge < -0.3 is 5.73 Å². The quantitative estimate of drug-likeness (QED) is 0.812. The number of aromatic nitrogens is 2. The SMILES string of the molecule is CCCN(Cc1ncccn1)C1(CN)CCCCCC1. The Balaban J connectivity index is 2.15. The van der Waals surface area contributed by atoms with E-state index >= 15 is 0 Å². The molecule has 1 saturated carbocycles. The maximum absolute atomic E-state index is 6.21. The molecule has 112 valence electrons. The van der Waals surface area contributed by atoms with E-state index in [1.807, 2.05) is 18.5 Å². The van der Waals surface area contributed by atoms with Crippen LogP contribution in [0.1, 0.15) is 57.7 Å². The average molecular weight is 276 g/mol. The molecule has 0 amide bonds. The van der Waals surface area contributed by atoms with Crippen LogP contribution in [0.3, 0.4) is 0 Å². The Hall–Kier alpha value is -1.00. The van der Waals surface area contributed by atoms with Crippen LogP contribution in [0.15, 0.2) is 18.5 Å². The van der Waals surface area contributed by atoms with Gasteiger partial charge in [-0.3, -0.25) is 4.90 Å².